The molecule has 0 N–H and O–H groups in total. The van der Waals surface area contributed by atoms with E-state index >= 15 is 0 Å². The number of ether oxygens (including phenoxy) is 1. The molecule has 2 aromatic rings. The highest BCUT2D eigenvalue weighted by atomic mass is 16.6. The lowest BCUT2D eigenvalue weighted by atomic mass is 9.65. The lowest BCUT2D eigenvalue weighted by molar-refractivity contribution is -0.154. The molecular weight excluding hydrogens is 252 g/mol. The van der Waals surface area contributed by atoms with Gasteiger partial charge in [-0.3, -0.25) is 9.59 Å². The third kappa shape index (κ3) is 1.25. The predicted octanol–water partition coefficient (Wildman–Crippen LogP) is 2.74. The van der Waals surface area contributed by atoms with Crippen molar-refractivity contribution in [1.29, 1.82) is 0 Å². The highest BCUT2D eigenvalue weighted by molar-refractivity contribution is 6.04. The van der Waals surface area contributed by atoms with Crippen LogP contribution in [-0.4, -0.2) is 11.9 Å². The molecule has 0 saturated carbocycles. The van der Waals surface area contributed by atoms with E-state index in [0.29, 0.717) is 6.42 Å². The number of hydrogen-bond donors (Lipinski definition) is 0. The topological polar surface area (TPSA) is 43.4 Å². The van der Waals surface area contributed by atoms with E-state index in [1.54, 1.807) is 0 Å². The molecule has 0 amide bonds. The largest absolute Gasteiger partial charge is 0.392 e. The molecule has 100 valence electrons. The van der Waals surface area contributed by atoms with Crippen LogP contribution in [0.25, 0.3) is 10.8 Å². The first kappa shape index (κ1) is 11.6. The molecule has 2 aliphatic rings. The van der Waals surface area contributed by atoms with Crippen molar-refractivity contribution in [2.24, 2.45) is 5.92 Å². The van der Waals surface area contributed by atoms with Crippen LogP contribution in [0.1, 0.15) is 24.5 Å². The van der Waals surface area contributed by atoms with Gasteiger partial charge in [-0.15, -0.1) is 0 Å². The number of rotatable bonds is 0. The first-order valence-corrected chi connectivity index (χ1v) is 6.89. The van der Waals surface area contributed by atoms with E-state index in [0.717, 1.165) is 12.0 Å². The fraction of sp³-hybridized carbons (Fsp3) is 0.294. The summed E-state index contributed by atoms with van der Waals surface area (Å²) >= 11 is 0. The van der Waals surface area contributed by atoms with E-state index in [4.69, 9.17) is 4.74 Å². The lowest BCUT2D eigenvalue weighted by Crippen LogP contribution is -2.39. The van der Waals surface area contributed by atoms with Gasteiger partial charge in [0.15, 0.2) is 0 Å². The Morgan fingerprint density at radius 3 is 2.80 bits per heavy atom. The van der Waals surface area contributed by atoms with E-state index in [-0.39, 0.29) is 11.9 Å². The number of carbonyl (C=O) groups is 2. The molecular formula is C17H14O3. The van der Waals surface area contributed by atoms with Crippen molar-refractivity contribution in [3.63, 3.8) is 0 Å². The van der Waals surface area contributed by atoms with Crippen molar-refractivity contribution in [2.75, 3.05) is 0 Å². The Morgan fingerprint density at radius 1 is 1.15 bits per heavy atom. The maximum absolute atomic E-state index is 12.2. The molecule has 1 heterocycles. The molecule has 0 bridgehead atoms. The molecule has 0 spiro atoms. The van der Waals surface area contributed by atoms with Crippen LogP contribution < -0.4 is 0 Å². The van der Waals surface area contributed by atoms with Gasteiger partial charge in [0.2, 0.25) is 0 Å². The smallest absolute Gasteiger partial charge is 0.324 e. The number of cyclic esters (lactones) is 2. The van der Waals surface area contributed by atoms with Crippen LogP contribution in [0.4, 0.5) is 0 Å². The summed E-state index contributed by atoms with van der Waals surface area (Å²) in [7, 11) is 0. The molecule has 1 aliphatic heterocycles. The molecule has 4 rings (SSSR count). The summed E-state index contributed by atoms with van der Waals surface area (Å²) in [5, 5.41) is 2.35. The normalized spacial score (nSPS) is 28.1. The molecule has 0 aromatic heterocycles. The maximum Gasteiger partial charge on any atom is 0.324 e. The maximum atomic E-state index is 12.2. The number of benzene rings is 2. The van der Waals surface area contributed by atoms with Crippen LogP contribution in [0.5, 0.6) is 0 Å². The van der Waals surface area contributed by atoms with Crippen LogP contribution in [0.15, 0.2) is 36.4 Å². The Morgan fingerprint density at radius 2 is 1.95 bits per heavy atom. The summed E-state index contributed by atoms with van der Waals surface area (Å²) in [4.78, 5) is 24.1. The van der Waals surface area contributed by atoms with Gasteiger partial charge in [-0.25, -0.2) is 0 Å². The molecule has 2 atom stereocenters. The number of fused-ring (bicyclic) bond motifs is 5. The van der Waals surface area contributed by atoms with Gasteiger partial charge in [0.05, 0.1) is 5.92 Å². The summed E-state index contributed by atoms with van der Waals surface area (Å²) in [6.07, 6.45) is 1.50. The second-order valence-corrected chi connectivity index (χ2v) is 5.81. The van der Waals surface area contributed by atoms with Crippen molar-refractivity contribution in [3.05, 3.63) is 47.5 Å². The van der Waals surface area contributed by atoms with Gasteiger partial charge in [-0.1, -0.05) is 36.4 Å². The van der Waals surface area contributed by atoms with E-state index in [2.05, 4.69) is 12.1 Å². The van der Waals surface area contributed by atoms with E-state index in [1.807, 2.05) is 31.2 Å². The van der Waals surface area contributed by atoms with Gasteiger partial charge in [-0.2, -0.15) is 0 Å². The van der Waals surface area contributed by atoms with Crippen LogP contribution >= 0.6 is 0 Å². The Hall–Kier alpha value is -2.16. The quantitative estimate of drug-likeness (QED) is 0.544. The highest BCUT2D eigenvalue weighted by Gasteiger charge is 2.57. The fourth-order valence-electron chi connectivity index (χ4n) is 3.73. The summed E-state index contributed by atoms with van der Waals surface area (Å²) in [6.45, 7) is 1.84. The molecule has 0 radical (unpaired) electrons. The Bertz CT molecular complexity index is 762. The minimum absolute atomic E-state index is 0.330. The van der Waals surface area contributed by atoms with Crippen LogP contribution in [0.3, 0.4) is 0 Å². The zero-order valence-electron chi connectivity index (χ0n) is 11.2. The number of esters is 2. The van der Waals surface area contributed by atoms with Gasteiger partial charge in [0.1, 0.15) is 5.41 Å². The highest BCUT2D eigenvalue weighted by Crippen LogP contribution is 2.48. The van der Waals surface area contributed by atoms with E-state index < -0.39 is 11.4 Å². The zero-order valence-corrected chi connectivity index (χ0v) is 11.2. The summed E-state index contributed by atoms with van der Waals surface area (Å²) in [5.74, 6) is -1.09. The number of aryl methyl sites for hydroxylation is 1. The zero-order chi connectivity index (χ0) is 13.9. The first-order valence-electron chi connectivity index (χ1n) is 6.89. The summed E-state index contributed by atoms with van der Waals surface area (Å²) < 4.78 is 4.90. The third-order valence-electron chi connectivity index (χ3n) is 4.88. The molecule has 2 aromatic carbocycles. The Balaban J connectivity index is 2.04. The summed E-state index contributed by atoms with van der Waals surface area (Å²) in [6, 6.07) is 12.2. The summed E-state index contributed by atoms with van der Waals surface area (Å²) in [5.41, 5.74) is 1.34. The van der Waals surface area contributed by atoms with E-state index in [9.17, 15) is 9.59 Å². The minimum atomic E-state index is -0.811. The lowest BCUT2D eigenvalue weighted by Gasteiger charge is -2.33. The van der Waals surface area contributed by atoms with Crippen molar-refractivity contribution in [1.82, 2.24) is 0 Å². The fourth-order valence-corrected chi connectivity index (χ4v) is 3.73. The van der Waals surface area contributed by atoms with Crippen molar-refractivity contribution in [3.8, 4) is 0 Å². The molecule has 1 aliphatic carbocycles. The average Bonchev–Trinajstić information content (AvgIpc) is 2.69. The standard InChI is InChI=1S/C17H14O3/c1-17-13-8-6-10-4-2-3-5-11(10)12(13)7-9-14(17)15(18)20-16(17)19/h2-6,8,14H,7,9H2,1H3/t14-,17+/m1/s1. The van der Waals surface area contributed by atoms with Crippen LogP contribution in [-0.2, 0) is 26.2 Å². The van der Waals surface area contributed by atoms with E-state index in [1.165, 1.54) is 16.3 Å². The van der Waals surface area contributed by atoms with Crippen molar-refractivity contribution in [2.45, 2.75) is 25.2 Å². The van der Waals surface area contributed by atoms with Crippen molar-refractivity contribution >= 4 is 22.7 Å². The van der Waals surface area contributed by atoms with Gasteiger partial charge >= 0.3 is 11.9 Å². The molecule has 1 fully saturated rings. The van der Waals surface area contributed by atoms with Crippen LogP contribution in [0.2, 0.25) is 0 Å². The average molecular weight is 266 g/mol. The molecule has 20 heavy (non-hydrogen) atoms. The SMILES string of the molecule is C[C@@]12C(=O)OC(=O)[C@H]1CCc1c2ccc2ccccc12. The van der Waals surface area contributed by atoms with Gasteiger partial charge in [-0.05, 0) is 41.7 Å². The first-order chi connectivity index (χ1) is 9.62. The van der Waals surface area contributed by atoms with Crippen molar-refractivity contribution < 1.29 is 14.3 Å². The van der Waals surface area contributed by atoms with Gasteiger partial charge in [0, 0.05) is 0 Å². The molecule has 1 saturated heterocycles. The molecule has 0 unspecified atom stereocenters. The second kappa shape index (κ2) is 3.69. The third-order valence-corrected chi connectivity index (χ3v) is 4.88. The van der Waals surface area contributed by atoms with Gasteiger partial charge in [0.25, 0.3) is 0 Å². The van der Waals surface area contributed by atoms with Crippen LogP contribution in [0, 0.1) is 5.92 Å². The number of carbonyl (C=O) groups excluding carboxylic acids is 2. The Labute approximate surface area is 116 Å². The minimum Gasteiger partial charge on any atom is -0.392 e. The number of hydrogen-bond acceptors (Lipinski definition) is 3. The predicted molar refractivity (Wildman–Crippen MR) is 74.2 cm³/mol. The van der Waals surface area contributed by atoms with Gasteiger partial charge < -0.3 is 4.74 Å². The molecule has 3 heteroatoms. The second-order valence-electron chi connectivity index (χ2n) is 5.81. The monoisotopic (exact) mass is 266 g/mol. The molecule has 3 nitrogen and oxygen atoms in total. The Kier molecular flexibility index (Phi) is 2.15.